The molecule has 0 bridgehead atoms. The third-order valence-electron chi connectivity index (χ3n) is 3.99. The van der Waals surface area contributed by atoms with Crippen LogP contribution in [-0.4, -0.2) is 41.7 Å². The van der Waals surface area contributed by atoms with Crippen LogP contribution in [0.1, 0.15) is 36.0 Å². The van der Waals surface area contributed by atoms with E-state index in [0.29, 0.717) is 17.9 Å². The summed E-state index contributed by atoms with van der Waals surface area (Å²) < 4.78 is 5.54. The molecule has 1 aliphatic carbocycles. The van der Waals surface area contributed by atoms with E-state index in [4.69, 9.17) is 4.74 Å². The van der Waals surface area contributed by atoms with Crippen LogP contribution in [0.25, 0.3) is 0 Å². The normalized spacial score (nSPS) is 21.6. The molecule has 1 amide bonds. The number of likely N-dealkylation sites (N-methyl/N-ethyl adjacent to an activating group) is 1. The first-order valence-electron chi connectivity index (χ1n) is 7.43. The number of benzene rings is 1. The van der Waals surface area contributed by atoms with Crippen LogP contribution in [0.4, 0.5) is 0 Å². The molecule has 2 atom stereocenters. The minimum Gasteiger partial charge on any atom is -0.489 e. The summed E-state index contributed by atoms with van der Waals surface area (Å²) in [5.41, 5.74) is 0.527. The van der Waals surface area contributed by atoms with Crippen molar-refractivity contribution in [2.45, 2.75) is 37.8 Å². The fraction of sp³-hybridized carbons (Fsp3) is 0.471. The Balaban J connectivity index is 2.16. The fourth-order valence-corrected chi connectivity index (χ4v) is 2.80. The van der Waals surface area contributed by atoms with Crippen LogP contribution in [-0.2, 0) is 0 Å². The van der Waals surface area contributed by atoms with Crippen LogP contribution >= 0.6 is 0 Å². The van der Waals surface area contributed by atoms with Gasteiger partial charge in [-0.15, -0.1) is 0 Å². The van der Waals surface area contributed by atoms with Crippen LogP contribution in [0.2, 0.25) is 0 Å². The van der Waals surface area contributed by atoms with Crippen molar-refractivity contribution >= 4 is 5.91 Å². The lowest BCUT2D eigenvalue weighted by Crippen LogP contribution is -2.46. The molecule has 0 heterocycles. The van der Waals surface area contributed by atoms with Crippen LogP contribution in [0.15, 0.2) is 36.9 Å². The van der Waals surface area contributed by atoms with Crippen molar-refractivity contribution in [1.29, 1.82) is 0 Å². The number of amides is 1. The molecule has 4 heteroatoms. The van der Waals surface area contributed by atoms with Crippen molar-refractivity contribution in [3.63, 3.8) is 0 Å². The zero-order valence-electron chi connectivity index (χ0n) is 12.5. The number of hydrogen-bond donors (Lipinski definition) is 1. The zero-order valence-corrected chi connectivity index (χ0v) is 12.5. The molecule has 1 saturated carbocycles. The Morgan fingerprint density at radius 1 is 1.43 bits per heavy atom. The first-order chi connectivity index (χ1) is 10.1. The Morgan fingerprint density at radius 3 is 2.86 bits per heavy atom. The van der Waals surface area contributed by atoms with E-state index in [-0.39, 0.29) is 11.9 Å². The lowest BCUT2D eigenvalue weighted by atomic mass is 9.91. The van der Waals surface area contributed by atoms with E-state index in [1.807, 2.05) is 12.1 Å². The summed E-state index contributed by atoms with van der Waals surface area (Å²) in [6, 6.07) is 7.08. The third kappa shape index (κ3) is 3.64. The quantitative estimate of drug-likeness (QED) is 0.848. The Bertz CT molecular complexity index is 501. The molecule has 1 aromatic rings. The van der Waals surface area contributed by atoms with Gasteiger partial charge in [-0.2, -0.15) is 0 Å². The molecule has 2 unspecified atom stereocenters. The van der Waals surface area contributed by atoms with Crippen molar-refractivity contribution < 1.29 is 14.6 Å². The van der Waals surface area contributed by atoms with Gasteiger partial charge >= 0.3 is 0 Å². The standard InChI is InChI=1S/C17H23NO3/c1-3-12-21-16-11-7-4-8-13(16)17(20)18(2)14-9-5-6-10-15(14)19/h3-4,7-8,11,14-15,19H,1,5-6,9-10,12H2,2H3. The highest BCUT2D eigenvalue weighted by atomic mass is 16.5. The van der Waals surface area contributed by atoms with Gasteiger partial charge in [-0.25, -0.2) is 0 Å². The molecule has 21 heavy (non-hydrogen) atoms. The summed E-state index contributed by atoms with van der Waals surface area (Å²) in [7, 11) is 1.76. The van der Waals surface area contributed by atoms with Gasteiger partial charge in [0.25, 0.3) is 5.91 Å². The second kappa shape index (κ2) is 7.27. The number of hydrogen-bond acceptors (Lipinski definition) is 3. The van der Waals surface area contributed by atoms with Crippen LogP contribution in [0.3, 0.4) is 0 Å². The van der Waals surface area contributed by atoms with Crippen molar-refractivity contribution in [1.82, 2.24) is 4.90 Å². The van der Waals surface area contributed by atoms with Crippen molar-refractivity contribution in [3.8, 4) is 5.75 Å². The monoisotopic (exact) mass is 289 g/mol. The summed E-state index contributed by atoms with van der Waals surface area (Å²) in [5.74, 6) is 0.445. The number of rotatable bonds is 5. The SMILES string of the molecule is C=CCOc1ccccc1C(=O)N(C)C1CCCCC1O. The highest BCUT2D eigenvalue weighted by Crippen LogP contribution is 2.26. The third-order valence-corrected chi connectivity index (χ3v) is 3.99. The maximum absolute atomic E-state index is 12.7. The van der Waals surface area contributed by atoms with E-state index in [2.05, 4.69) is 6.58 Å². The minimum absolute atomic E-state index is 0.111. The summed E-state index contributed by atoms with van der Waals surface area (Å²) in [5, 5.41) is 10.1. The summed E-state index contributed by atoms with van der Waals surface area (Å²) >= 11 is 0. The van der Waals surface area contributed by atoms with Gasteiger partial charge in [0.2, 0.25) is 0 Å². The molecular weight excluding hydrogens is 266 g/mol. The molecule has 4 nitrogen and oxygen atoms in total. The van der Waals surface area contributed by atoms with E-state index in [9.17, 15) is 9.90 Å². The van der Waals surface area contributed by atoms with Gasteiger partial charge in [-0.1, -0.05) is 37.6 Å². The largest absolute Gasteiger partial charge is 0.489 e. The van der Waals surface area contributed by atoms with Gasteiger partial charge < -0.3 is 14.7 Å². The molecule has 1 aromatic carbocycles. The Hall–Kier alpha value is -1.81. The Morgan fingerprint density at radius 2 is 2.14 bits per heavy atom. The van der Waals surface area contributed by atoms with Gasteiger partial charge in [-0.3, -0.25) is 4.79 Å². The zero-order chi connectivity index (χ0) is 15.2. The predicted octanol–water partition coefficient (Wildman–Crippen LogP) is 2.63. The number of aliphatic hydroxyl groups excluding tert-OH is 1. The first kappa shape index (κ1) is 15.6. The van der Waals surface area contributed by atoms with Gasteiger partial charge in [0, 0.05) is 7.05 Å². The molecule has 0 aliphatic heterocycles. The van der Waals surface area contributed by atoms with E-state index in [0.717, 1.165) is 25.7 Å². The Labute approximate surface area is 126 Å². The molecule has 114 valence electrons. The molecular formula is C17H23NO3. The molecule has 1 aliphatic rings. The van der Waals surface area contributed by atoms with E-state index in [1.54, 1.807) is 30.2 Å². The second-order valence-electron chi connectivity index (χ2n) is 5.43. The molecule has 0 aromatic heterocycles. The number of ether oxygens (including phenoxy) is 1. The predicted molar refractivity (Wildman–Crippen MR) is 82.5 cm³/mol. The summed E-state index contributed by atoms with van der Waals surface area (Å²) in [6.45, 7) is 3.98. The number of aliphatic hydroxyl groups is 1. The molecule has 1 N–H and O–H groups in total. The molecule has 1 fully saturated rings. The van der Waals surface area contributed by atoms with Crippen LogP contribution in [0.5, 0.6) is 5.75 Å². The van der Waals surface area contributed by atoms with Gasteiger partial charge in [0.15, 0.2) is 0 Å². The van der Waals surface area contributed by atoms with Gasteiger partial charge in [-0.05, 0) is 25.0 Å². The minimum atomic E-state index is -0.436. The lowest BCUT2D eigenvalue weighted by molar-refractivity contribution is 0.0266. The van der Waals surface area contributed by atoms with E-state index in [1.165, 1.54) is 0 Å². The maximum Gasteiger partial charge on any atom is 0.257 e. The first-order valence-corrected chi connectivity index (χ1v) is 7.43. The van der Waals surface area contributed by atoms with Crippen LogP contribution < -0.4 is 4.74 Å². The van der Waals surface area contributed by atoms with Gasteiger partial charge in [0.05, 0.1) is 17.7 Å². The summed E-state index contributed by atoms with van der Waals surface area (Å²) in [6.07, 6.45) is 4.90. The topological polar surface area (TPSA) is 49.8 Å². The van der Waals surface area contributed by atoms with E-state index < -0.39 is 6.10 Å². The smallest absolute Gasteiger partial charge is 0.257 e. The van der Waals surface area contributed by atoms with E-state index >= 15 is 0 Å². The maximum atomic E-state index is 12.7. The second-order valence-corrected chi connectivity index (χ2v) is 5.43. The van der Waals surface area contributed by atoms with Crippen molar-refractivity contribution in [2.75, 3.05) is 13.7 Å². The molecule has 0 radical (unpaired) electrons. The molecule has 0 saturated heterocycles. The average molecular weight is 289 g/mol. The molecule has 0 spiro atoms. The van der Waals surface area contributed by atoms with Gasteiger partial charge in [0.1, 0.15) is 12.4 Å². The Kier molecular flexibility index (Phi) is 5.39. The van der Waals surface area contributed by atoms with Crippen molar-refractivity contribution in [2.24, 2.45) is 0 Å². The fourth-order valence-electron chi connectivity index (χ4n) is 2.80. The van der Waals surface area contributed by atoms with Crippen LogP contribution in [0, 0.1) is 0 Å². The highest BCUT2D eigenvalue weighted by molar-refractivity contribution is 5.97. The number of carbonyl (C=O) groups is 1. The number of para-hydroxylation sites is 1. The molecule has 2 rings (SSSR count). The highest BCUT2D eigenvalue weighted by Gasteiger charge is 2.30. The van der Waals surface area contributed by atoms with Crippen molar-refractivity contribution in [3.05, 3.63) is 42.5 Å². The lowest BCUT2D eigenvalue weighted by Gasteiger charge is -2.35. The number of nitrogens with zero attached hydrogens (tertiary/aromatic N) is 1. The summed E-state index contributed by atoms with van der Waals surface area (Å²) in [4.78, 5) is 14.3. The average Bonchev–Trinajstić information content (AvgIpc) is 2.52. The number of carbonyl (C=O) groups excluding carboxylic acids is 1.